The quantitative estimate of drug-likeness (QED) is 0.485. The molecule has 29 heavy (non-hydrogen) atoms. The van der Waals surface area contributed by atoms with Crippen molar-refractivity contribution in [2.24, 2.45) is 0 Å². The first-order chi connectivity index (χ1) is 14.0. The molecule has 0 saturated carbocycles. The van der Waals surface area contributed by atoms with Gasteiger partial charge in [0.05, 0.1) is 17.9 Å². The van der Waals surface area contributed by atoms with Crippen molar-refractivity contribution in [1.82, 2.24) is 15.1 Å². The van der Waals surface area contributed by atoms with E-state index in [0.29, 0.717) is 0 Å². The van der Waals surface area contributed by atoms with Crippen LogP contribution in [0.4, 0.5) is 8.78 Å². The SMILES string of the molecule is Cc1nn(-c2ccccc2)c(C)c1/C=C/C(=O)NCCOc1ccc(F)c(F)c1. The molecule has 0 saturated heterocycles. The van der Waals surface area contributed by atoms with E-state index in [1.165, 1.54) is 12.1 Å². The van der Waals surface area contributed by atoms with Gasteiger partial charge in [0, 0.05) is 23.4 Å². The van der Waals surface area contributed by atoms with Crippen LogP contribution in [0.25, 0.3) is 11.8 Å². The van der Waals surface area contributed by atoms with E-state index in [1.807, 2.05) is 48.9 Å². The average Bonchev–Trinajstić information content (AvgIpc) is 3.00. The lowest BCUT2D eigenvalue weighted by atomic mass is 10.2. The number of nitrogens with one attached hydrogen (secondary N) is 1. The molecule has 0 aliphatic heterocycles. The molecule has 1 heterocycles. The Balaban J connectivity index is 1.54. The molecule has 0 unspecified atom stereocenters. The van der Waals surface area contributed by atoms with Crippen LogP contribution in [-0.4, -0.2) is 28.8 Å². The van der Waals surface area contributed by atoms with Crippen LogP contribution >= 0.6 is 0 Å². The summed E-state index contributed by atoms with van der Waals surface area (Å²) in [4.78, 5) is 12.0. The zero-order valence-corrected chi connectivity index (χ0v) is 16.2. The van der Waals surface area contributed by atoms with Crippen molar-refractivity contribution in [1.29, 1.82) is 0 Å². The second kappa shape index (κ2) is 9.14. The van der Waals surface area contributed by atoms with E-state index in [-0.39, 0.29) is 24.8 Å². The number of halogens is 2. The summed E-state index contributed by atoms with van der Waals surface area (Å²) >= 11 is 0. The predicted octanol–water partition coefficient (Wildman–Crippen LogP) is 3.98. The molecule has 1 N–H and O–H groups in total. The number of carbonyl (C=O) groups excluding carboxylic acids is 1. The Labute approximate surface area is 167 Å². The maximum Gasteiger partial charge on any atom is 0.244 e. The highest BCUT2D eigenvalue weighted by Crippen LogP contribution is 2.19. The van der Waals surface area contributed by atoms with E-state index in [2.05, 4.69) is 10.4 Å². The van der Waals surface area contributed by atoms with Crippen molar-refractivity contribution >= 4 is 12.0 Å². The number of rotatable bonds is 7. The fourth-order valence-corrected chi connectivity index (χ4v) is 2.84. The fourth-order valence-electron chi connectivity index (χ4n) is 2.84. The lowest BCUT2D eigenvalue weighted by Crippen LogP contribution is -2.26. The van der Waals surface area contributed by atoms with E-state index in [9.17, 15) is 13.6 Å². The van der Waals surface area contributed by atoms with Gasteiger partial charge in [0.1, 0.15) is 12.4 Å². The molecule has 5 nitrogen and oxygen atoms in total. The zero-order valence-electron chi connectivity index (χ0n) is 16.2. The van der Waals surface area contributed by atoms with E-state index < -0.39 is 11.6 Å². The first kappa shape index (κ1) is 20.3. The smallest absolute Gasteiger partial charge is 0.244 e. The fraction of sp³-hybridized carbons (Fsp3) is 0.182. The van der Waals surface area contributed by atoms with Crippen LogP contribution in [0.1, 0.15) is 17.0 Å². The molecule has 0 spiro atoms. The molecule has 150 valence electrons. The molecular weight excluding hydrogens is 376 g/mol. The standard InChI is InChI=1S/C22H21F2N3O2/c1-15-19(16(2)27(26-15)17-6-4-3-5-7-17)9-11-22(28)25-12-13-29-18-8-10-20(23)21(24)14-18/h3-11,14H,12-13H2,1-2H3,(H,25,28)/b11-9+. The molecule has 0 bridgehead atoms. The van der Waals surface area contributed by atoms with Gasteiger partial charge in [-0.05, 0) is 44.2 Å². The number of para-hydroxylation sites is 1. The van der Waals surface area contributed by atoms with Crippen LogP contribution in [0.15, 0.2) is 54.6 Å². The summed E-state index contributed by atoms with van der Waals surface area (Å²) in [6.45, 7) is 4.19. The molecule has 0 aliphatic rings. The molecule has 0 fully saturated rings. The molecule has 0 radical (unpaired) electrons. The summed E-state index contributed by atoms with van der Waals surface area (Å²) in [5.74, 6) is -1.99. The number of hydrogen-bond acceptors (Lipinski definition) is 3. The largest absolute Gasteiger partial charge is 0.492 e. The maximum atomic E-state index is 13.1. The minimum atomic E-state index is -0.976. The number of ether oxygens (including phenoxy) is 1. The maximum absolute atomic E-state index is 13.1. The Morgan fingerprint density at radius 1 is 1.14 bits per heavy atom. The van der Waals surface area contributed by atoms with E-state index in [1.54, 1.807) is 6.08 Å². The zero-order chi connectivity index (χ0) is 20.8. The van der Waals surface area contributed by atoms with Crippen LogP contribution in [0.5, 0.6) is 5.75 Å². The number of nitrogens with zero attached hydrogens (tertiary/aromatic N) is 2. The van der Waals surface area contributed by atoms with Crippen LogP contribution in [-0.2, 0) is 4.79 Å². The van der Waals surface area contributed by atoms with Crippen molar-refractivity contribution in [3.05, 3.63) is 83.2 Å². The van der Waals surface area contributed by atoms with Gasteiger partial charge in [-0.15, -0.1) is 0 Å². The third-order valence-electron chi connectivity index (χ3n) is 4.31. The summed E-state index contributed by atoms with van der Waals surface area (Å²) in [7, 11) is 0. The highest BCUT2D eigenvalue weighted by atomic mass is 19.2. The number of hydrogen-bond donors (Lipinski definition) is 1. The van der Waals surface area contributed by atoms with Gasteiger partial charge in [-0.25, -0.2) is 13.5 Å². The van der Waals surface area contributed by atoms with Crippen molar-refractivity contribution in [2.45, 2.75) is 13.8 Å². The van der Waals surface area contributed by atoms with Crippen molar-refractivity contribution in [3.8, 4) is 11.4 Å². The third-order valence-corrected chi connectivity index (χ3v) is 4.31. The van der Waals surface area contributed by atoms with Crippen LogP contribution in [0.3, 0.4) is 0 Å². The predicted molar refractivity (Wildman–Crippen MR) is 107 cm³/mol. The summed E-state index contributed by atoms with van der Waals surface area (Å²) in [5.41, 5.74) is 3.57. The Kier molecular flexibility index (Phi) is 6.39. The lowest BCUT2D eigenvalue weighted by molar-refractivity contribution is -0.116. The second-order valence-electron chi connectivity index (χ2n) is 6.38. The first-order valence-electron chi connectivity index (χ1n) is 9.11. The number of benzene rings is 2. The van der Waals surface area contributed by atoms with Crippen LogP contribution in [0.2, 0.25) is 0 Å². The normalized spacial score (nSPS) is 11.0. The van der Waals surface area contributed by atoms with Gasteiger partial charge in [0.25, 0.3) is 0 Å². The van der Waals surface area contributed by atoms with Crippen LogP contribution in [0, 0.1) is 25.5 Å². The Morgan fingerprint density at radius 2 is 1.90 bits per heavy atom. The highest BCUT2D eigenvalue weighted by Gasteiger charge is 2.10. The Bertz CT molecular complexity index is 1030. The van der Waals surface area contributed by atoms with E-state index in [4.69, 9.17) is 4.74 Å². The topological polar surface area (TPSA) is 56.2 Å². The number of carbonyl (C=O) groups is 1. The summed E-state index contributed by atoms with van der Waals surface area (Å²) in [6, 6.07) is 13.0. The Morgan fingerprint density at radius 3 is 2.62 bits per heavy atom. The summed E-state index contributed by atoms with van der Waals surface area (Å²) < 4.78 is 33.1. The number of aryl methyl sites for hydroxylation is 1. The van der Waals surface area contributed by atoms with E-state index in [0.717, 1.165) is 34.8 Å². The Hall–Kier alpha value is -3.48. The second-order valence-corrected chi connectivity index (χ2v) is 6.38. The molecule has 0 aliphatic carbocycles. The minimum absolute atomic E-state index is 0.134. The molecule has 3 aromatic rings. The molecule has 3 rings (SSSR count). The van der Waals surface area contributed by atoms with Gasteiger partial charge in [0.2, 0.25) is 5.91 Å². The van der Waals surface area contributed by atoms with Crippen LogP contribution < -0.4 is 10.1 Å². The van der Waals surface area contributed by atoms with Gasteiger partial charge in [0.15, 0.2) is 11.6 Å². The molecule has 1 aromatic heterocycles. The molecule has 1 amide bonds. The number of aromatic nitrogens is 2. The molecule has 7 heteroatoms. The summed E-state index contributed by atoms with van der Waals surface area (Å²) in [5, 5.41) is 7.22. The molecule has 0 atom stereocenters. The lowest BCUT2D eigenvalue weighted by Gasteiger charge is -2.07. The molecular formula is C22H21F2N3O2. The van der Waals surface area contributed by atoms with Gasteiger partial charge in [-0.1, -0.05) is 18.2 Å². The highest BCUT2D eigenvalue weighted by molar-refractivity contribution is 5.92. The average molecular weight is 397 g/mol. The third kappa shape index (κ3) is 5.07. The van der Waals surface area contributed by atoms with Gasteiger partial charge in [-0.3, -0.25) is 4.79 Å². The van der Waals surface area contributed by atoms with Gasteiger partial charge in [-0.2, -0.15) is 5.10 Å². The van der Waals surface area contributed by atoms with Crippen molar-refractivity contribution < 1.29 is 18.3 Å². The van der Waals surface area contributed by atoms with Gasteiger partial charge >= 0.3 is 0 Å². The summed E-state index contributed by atoms with van der Waals surface area (Å²) in [6.07, 6.45) is 3.16. The van der Waals surface area contributed by atoms with Crippen molar-refractivity contribution in [2.75, 3.05) is 13.2 Å². The van der Waals surface area contributed by atoms with Gasteiger partial charge < -0.3 is 10.1 Å². The number of amides is 1. The van der Waals surface area contributed by atoms with E-state index >= 15 is 0 Å². The monoisotopic (exact) mass is 397 g/mol. The van der Waals surface area contributed by atoms with Crippen molar-refractivity contribution in [3.63, 3.8) is 0 Å². The molecule has 2 aromatic carbocycles. The minimum Gasteiger partial charge on any atom is -0.492 e. The first-order valence-corrected chi connectivity index (χ1v) is 9.11.